The Hall–Kier alpha value is -2.67. The monoisotopic (exact) mass is 348 g/mol. The minimum Gasteiger partial charge on any atom is -0.348 e. The van der Waals surface area contributed by atoms with Crippen molar-refractivity contribution in [3.8, 4) is 11.5 Å². The second-order valence-corrected chi connectivity index (χ2v) is 5.58. The van der Waals surface area contributed by atoms with E-state index in [4.69, 9.17) is 16.1 Å². The normalized spacial score (nSPS) is 10.8. The molecule has 0 radical (unpaired) electrons. The van der Waals surface area contributed by atoms with Gasteiger partial charge in [0.05, 0.1) is 18.7 Å². The van der Waals surface area contributed by atoms with Gasteiger partial charge in [0.15, 0.2) is 0 Å². The van der Waals surface area contributed by atoms with E-state index in [2.05, 4.69) is 15.5 Å². The molecular formula is C16H14ClFN4O2. The summed E-state index contributed by atoms with van der Waals surface area (Å²) >= 11 is 5.90. The molecule has 124 valence electrons. The maximum absolute atomic E-state index is 13.7. The van der Waals surface area contributed by atoms with Gasteiger partial charge in [-0.05, 0) is 24.3 Å². The van der Waals surface area contributed by atoms with Gasteiger partial charge in [0.2, 0.25) is 17.6 Å². The molecule has 0 spiro atoms. The van der Waals surface area contributed by atoms with Crippen molar-refractivity contribution < 1.29 is 13.7 Å². The van der Waals surface area contributed by atoms with E-state index < -0.39 is 5.82 Å². The van der Waals surface area contributed by atoms with Crippen LogP contribution in [0.4, 0.5) is 4.39 Å². The molecule has 0 unspecified atom stereocenters. The number of carbonyl (C=O) groups excluding carboxylic acids is 1. The van der Waals surface area contributed by atoms with Crippen LogP contribution in [0.3, 0.4) is 0 Å². The largest absolute Gasteiger partial charge is 0.348 e. The first-order valence-electron chi connectivity index (χ1n) is 7.18. The van der Waals surface area contributed by atoms with Crippen molar-refractivity contribution in [2.75, 3.05) is 0 Å². The van der Waals surface area contributed by atoms with Crippen LogP contribution >= 0.6 is 11.6 Å². The first-order chi connectivity index (χ1) is 11.5. The molecule has 0 fully saturated rings. The van der Waals surface area contributed by atoms with Gasteiger partial charge >= 0.3 is 0 Å². The van der Waals surface area contributed by atoms with E-state index in [9.17, 15) is 9.18 Å². The highest BCUT2D eigenvalue weighted by atomic mass is 35.5. The molecule has 1 N–H and O–H groups in total. The Morgan fingerprint density at radius 1 is 1.38 bits per heavy atom. The van der Waals surface area contributed by atoms with E-state index in [-0.39, 0.29) is 35.3 Å². The van der Waals surface area contributed by atoms with Crippen LogP contribution < -0.4 is 5.32 Å². The summed E-state index contributed by atoms with van der Waals surface area (Å²) in [5.41, 5.74) is 0.959. The molecule has 0 bridgehead atoms. The summed E-state index contributed by atoms with van der Waals surface area (Å²) in [7, 11) is 1.87. The van der Waals surface area contributed by atoms with Gasteiger partial charge in [-0.25, -0.2) is 4.39 Å². The van der Waals surface area contributed by atoms with Crippen molar-refractivity contribution in [2.45, 2.75) is 13.0 Å². The topological polar surface area (TPSA) is 73.0 Å². The number of aromatic nitrogens is 3. The lowest BCUT2D eigenvalue weighted by Gasteiger charge is -2.05. The maximum atomic E-state index is 13.7. The third kappa shape index (κ3) is 3.46. The summed E-state index contributed by atoms with van der Waals surface area (Å²) in [6.07, 6.45) is 1.70. The van der Waals surface area contributed by atoms with E-state index in [1.807, 2.05) is 29.9 Å². The van der Waals surface area contributed by atoms with Crippen molar-refractivity contribution >= 4 is 17.5 Å². The summed E-state index contributed by atoms with van der Waals surface area (Å²) in [5, 5.41) is 6.69. The predicted octanol–water partition coefficient (Wildman–Crippen LogP) is 2.73. The lowest BCUT2D eigenvalue weighted by Crippen LogP contribution is -2.25. The molecular weight excluding hydrogens is 335 g/mol. The Morgan fingerprint density at radius 3 is 2.92 bits per heavy atom. The Bertz CT molecular complexity index is 854. The van der Waals surface area contributed by atoms with E-state index in [0.29, 0.717) is 5.82 Å². The quantitative estimate of drug-likeness (QED) is 0.769. The summed E-state index contributed by atoms with van der Waals surface area (Å²) in [6.45, 7) is 0.0579. The van der Waals surface area contributed by atoms with Crippen molar-refractivity contribution in [2.24, 2.45) is 7.05 Å². The fourth-order valence-electron chi connectivity index (χ4n) is 2.22. The number of benzene rings is 1. The fraction of sp³-hybridized carbons (Fsp3) is 0.188. The van der Waals surface area contributed by atoms with Crippen molar-refractivity contribution in [3.05, 3.63) is 58.8 Å². The van der Waals surface area contributed by atoms with Crippen molar-refractivity contribution in [1.82, 2.24) is 20.0 Å². The first-order valence-corrected chi connectivity index (χ1v) is 7.56. The van der Waals surface area contributed by atoms with Gasteiger partial charge in [-0.1, -0.05) is 22.8 Å². The minimum absolute atomic E-state index is 0.0579. The number of amides is 1. The van der Waals surface area contributed by atoms with Crippen LogP contribution in [0.1, 0.15) is 11.5 Å². The van der Waals surface area contributed by atoms with Crippen LogP contribution in [-0.2, 0) is 24.8 Å². The van der Waals surface area contributed by atoms with Gasteiger partial charge in [0, 0.05) is 23.8 Å². The van der Waals surface area contributed by atoms with Crippen molar-refractivity contribution in [1.29, 1.82) is 0 Å². The summed E-state index contributed by atoms with van der Waals surface area (Å²) in [4.78, 5) is 16.2. The Morgan fingerprint density at radius 2 is 2.21 bits per heavy atom. The molecule has 2 heterocycles. The van der Waals surface area contributed by atoms with Crippen LogP contribution in [0.15, 0.2) is 41.1 Å². The number of aryl methyl sites for hydroxylation is 1. The highest BCUT2D eigenvalue weighted by molar-refractivity contribution is 6.31. The van der Waals surface area contributed by atoms with E-state index in [1.165, 1.54) is 18.2 Å². The number of hydrogen-bond acceptors (Lipinski definition) is 4. The summed E-state index contributed by atoms with van der Waals surface area (Å²) < 4.78 is 20.6. The van der Waals surface area contributed by atoms with Crippen LogP contribution in [0.25, 0.3) is 11.5 Å². The molecule has 3 aromatic rings. The third-order valence-corrected chi connectivity index (χ3v) is 3.83. The highest BCUT2D eigenvalue weighted by Crippen LogP contribution is 2.19. The molecule has 3 rings (SSSR count). The zero-order valence-corrected chi connectivity index (χ0v) is 13.5. The first kappa shape index (κ1) is 16.2. The van der Waals surface area contributed by atoms with Gasteiger partial charge in [-0.15, -0.1) is 0 Å². The van der Waals surface area contributed by atoms with Gasteiger partial charge in [0.1, 0.15) is 5.82 Å². The molecule has 0 aliphatic heterocycles. The molecule has 8 heteroatoms. The third-order valence-electron chi connectivity index (χ3n) is 3.48. The van der Waals surface area contributed by atoms with Crippen LogP contribution in [0.2, 0.25) is 5.02 Å². The van der Waals surface area contributed by atoms with E-state index in [1.54, 1.807) is 0 Å². The fourth-order valence-corrected chi connectivity index (χ4v) is 2.45. The van der Waals surface area contributed by atoms with Crippen LogP contribution in [0.5, 0.6) is 0 Å². The van der Waals surface area contributed by atoms with Gasteiger partial charge in [-0.3, -0.25) is 4.79 Å². The maximum Gasteiger partial charge on any atom is 0.246 e. The predicted molar refractivity (Wildman–Crippen MR) is 85.7 cm³/mol. The molecule has 24 heavy (non-hydrogen) atoms. The molecule has 2 aromatic heterocycles. The lowest BCUT2D eigenvalue weighted by molar-refractivity contribution is -0.120. The number of hydrogen-bond donors (Lipinski definition) is 1. The van der Waals surface area contributed by atoms with Crippen molar-refractivity contribution in [3.63, 3.8) is 0 Å². The average Bonchev–Trinajstić information content (AvgIpc) is 3.17. The number of halogens is 2. The Balaban J connectivity index is 1.61. The standard InChI is InChI=1S/C16H14ClFN4O2/c1-22-7-3-6-13(22)16-20-15(24-21-16)9-19-14(23)8-10-11(17)4-2-5-12(10)18/h2-7H,8-9H2,1H3,(H,19,23). The molecule has 1 amide bonds. The molecule has 0 saturated carbocycles. The van der Waals surface area contributed by atoms with Gasteiger partial charge < -0.3 is 14.4 Å². The van der Waals surface area contributed by atoms with E-state index in [0.717, 1.165) is 5.69 Å². The van der Waals surface area contributed by atoms with Crippen LogP contribution in [-0.4, -0.2) is 20.6 Å². The summed E-state index contributed by atoms with van der Waals surface area (Å²) in [6, 6.07) is 8.01. The minimum atomic E-state index is -0.513. The average molecular weight is 349 g/mol. The molecule has 1 aromatic carbocycles. The highest BCUT2D eigenvalue weighted by Gasteiger charge is 2.14. The van der Waals surface area contributed by atoms with E-state index >= 15 is 0 Å². The smallest absolute Gasteiger partial charge is 0.246 e. The number of rotatable bonds is 5. The Kier molecular flexibility index (Phi) is 4.61. The lowest BCUT2D eigenvalue weighted by atomic mass is 10.1. The second-order valence-electron chi connectivity index (χ2n) is 5.17. The van der Waals surface area contributed by atoms with Gasteiger partial charge in [-0.2, -0.15) is 4.98 Å². The SMILES string of the molecule is Cn1cccc1-c1noc(CNC(=O)Cc2c(F)cccc2Cl)n1. The second kappa shape index (κ2) is 6.84. The molecule has 6 nitrogen and oxygen atoms in total. The number of carbonyl (C=O) groups is 1. The van der Waals surface area contributed by atoms with Gasteiger partial charge in [0.25, 0.3) is 0 Å². The molecule has 0 aliphatic rings. The molecule has 0 aliphatic carbocycles. The Labute approximate surface area is 142 Å². The number of nitrogens with one attached hydrogen (secondary N) is 1. The summed E-state index contributed by atoms with van der Waals surface area (Å²) in [5.74, 6) is -0.204. The van der Waals surface area contributed by atoms with Crippen LogP contribution in [0, 0.1) is 5.82 Å². The molecule has 0 saturated heterocycles. The molecule has 0 atom stereocenters. The zero-order chi connectivity index (χ0) is 17.1. The zero-order valence-electron chi connectivity index (χ0n) is 12.8. The number of nitrogens with zero attached hydrogens (tertiary/aromatic N) is 3.